The third-order valence-corrected chi connectivity index (χ3v) is 5.54. The van der Waals surface area contributed by atoms with Crippen LogP contribution in [0, 0.1) is 5.82 Å². The molecule has 2 rings (SSSR count). The molecule has 0 radical (unpaired) electrons. The number of carbonyl (C=O) groups is 1. The number of amides is 1. The van der Waals surface area contributed by atoms with Crippen LogP contribution in [-0.4, -0.2) is 19.9 Å². The van der Waals surface area contributed by atoms with Crippen LogP contribution < -0.4 is 15.6 Å². The van der Waals surface area contributed by atoms with E-state index in [9.17, 15) is 17.6 Å². The highest BCUT2D eigenvalue weighted by Crippen LogP contribution is 2.34. The lowest BCUT2D eigenvalue weighted by Gasteiger charge is -2.37. The monoisotopic (exact) mass is 365 g/mol. The van der Waals surface area contributed by atoms with Crippen molar-refractivity contribution in [3.8, 4) is 0 Å². The zero-order valence-electron chi connectivity index (χ0n) is 14.2. The molecule has 134 valence electrons. The van der Waals surface area contributed by atoms with Gasteiger partial charge in [0.2, 0.25) is 0 Å². The summed E-state index contributed by atoms with van der Waals surface area (Å²) in [7, 11) is -4.05. The summed E-state index contributed by atoms with van der Waals surface area (Å²) >= 11 is 0. The number of hydrogen-bond donors (Lipinski definition) is 2. The molecule has 0 aliphatic carbocycles. The molecule has 6 nitrogen and oxygen atoms in total. The Hall–Kier alpha value is -2.45. The summed E-state index contributed by atoms with van der Waals surface area (Å²) in [6.07, 6.45) is 0. The number of hydrogen-bond acceptors (Lipinski definition) is 4. The number of anilines is 1. The van der Waals surface area contributed by atoms with Crippen molar-refractivity contribution in [3.63, 3.8) is 0 Å². The largest absolute Gasteiger partial charge is 0.290 e. The van der Waals surface area contributed by atoms with Crippen molar-refractivity contribution in [1.29, 1.82) is 0 Å². The van der Waals surface area contributed by atoms with Crippen molar-refractivity contribution in [2.24, 2.45) is 5.84 Å². The third kappa shape index (κ3) is 3.80. The zero-order valence-corrected chi connectivity index (χ0v) is 15.0. The number of sulfonamides is 1. The van der Waals surface area contributed by atoms with E-state index in [1.807, 2.05) is 5.43 Å². The average Bonchev–Trinajstić information content (AvgIpc) is 2.53. The van der Waals surface area contributed by atoms with E-state index in [0.717, 1.165) is 16.4 Å². The molecule has 0 heterocycles. The van der Waals surface area contributed by atoms with Crippen LogP contribution >= 0.6 is 0 Å². The van der Waals surface area contributed by atoms with Crippen LogP contribution in [0.25, 0.3) is 0 Å². The second-order valence-corrected chi connectivity index (χ2v) is 8.17. The minimum absolute atomic E-state index is 0.0355. The summed E-state index contributed by atoms with van der Waals surface area (Å²) in [6, 6.07) is 11.0. The molecule has 25 heavy (non-hydrogen) atoms. The van der Waals surface area contributed by atoms with Gasteiger partial charge in [-0.15, -0.1) is 0 Å². The Morgan fingerprint density at radius 3 is 2.24 bits per heavy atom. The molecule has 0 aliphatic rings. The van der Waals surface area contributed by atoms with Gasteiger partial charge in [-0.3, -0.25) is 14.5 Å². The number of nitrogens with one attached hydrogen (secondary N) is 1. The Bertz CT molecular complexity index is 878. The lowest BCUT2D eigenvalue weighted by molar-refractivity contribution is 0.0954. The van der Waals surface area contributed by atoms with Crippen LogP contribution in [0.3, 0.4) is 0 Å². The van der Waals surface area contributed by atoms with Crippen LogP contribution in [0.4, 0.5) is 10.1 Å². The van der Waals surface area contributed by atoms with E-state index in [0.29, 0.717) is 0 Å². The maximum Gasteiger partial charge on any atom is 0.267 e. The predicted molar refractivity (Wildman–Crippen MR) is 93.9 cm³/mol. The van der Waals surface area contributed by atoms with Gasteiger partial charge in [0.25, 0.3) is 15.9 Å². The minimum Gasteiger partial charge on any atom is -0.290 e. The molecule has 8 heteroatoms. The molecule has 1 amide bonds. The number of rotatable bonds is 4. The number of benzene rings is 2. The van der Waals surface area contributed by atoms with E-state index < -0.39 is 27.3 Å². The predicted octanol–water partition coefficient (Wildman–Crippen LogP) is 2.42. The molecule has 2 aromatic carbocycles. The molecule has 0 atom stereocenters. The van der Waals surface area contributed by atoms with Gasteiger partial charge in [0, 0.05) is 5.54 Å². The van der Waals surface area contributed by atoms with Crippen molar-refractivity contribution >= 4 is 21.6 Å². The Morgan fingerprint density at radius 1 is 1.12 bits per heavy atom. The van der Waals surface area contributed by atoms with Gasteiger partial charge in [-0.1, -0.05) is 18.2 Å². The van der Waals surface area contributed by atoms with Crippen molar-refractivity contribution in [2.45, 2.75) is 31.2 Å². The highest BCUT2D eigenvalue weighted by molar-refractivity contribution is 7.93. The topological polar surface area (TPSA) is 92.5 Å². The molecule has 0 saturated carbocycles. The van der Waals surface area contributed by atoms with E-state index >= 15 is 0 Å². The molecule has 3 N–H and O–H groups in total. The Labute approximate surface area is 146 Å². The molecule has 0 bridgehead atoms. The fraction of sp³-hybridized carbons (Fsp3) is 0.235. The van der Waals surface area contributed by atoms with E-state index in [1.54, 1.807) is 39.0 Å². The number of nitrogen functional groups attached to an aromatic ring is 1. The normalized spacial score (nSPS) is 11.9. The summed E-state index contributed by atoms with van der Waals surface area (Å²) in [5.41, 5.74) is 0.862. The quantitative estimate of drug-likeness (QED) is 0.494. The first-order valence-corrected chi connectivity index (χ1v) is 8.94. The van der Waals surface area contributed by atoms with Gasteiger partial charge in [-0.2, -0.15) is 0 Å². The molecule has 0 spiro atoms. The third-order valence-electron chi connectivity index (χ3n) is 3.44. The molecule has 0 aliphatic heterocycles. The summed E-state index contributed by atoms with van der Waals surface area (Å²) in [6.45, 7) is 4.97. The van der Waals surface area contributed by atoms with E-state index in [-0.39, 0.29) is 16.1 Å². The van der Waals surface area contributed by atoms with Crippen molar-refractivity contribution in [3.05, 3.63) is 59.9 Å². The van der Waals surface area contributed by atoms with Crippen LogP contribution in [0.5, 0.6) is 0 Å². The van der Waals surface area contributed by atoms with Gasteiger partial charge in [0.15, 0.2) is 0 Å². The highest BCUT2D eigenvalue weighted by atomic mass is 32.2. The number of nitrogens with two attached hydrogens (primary N) is 1. The maximum atomic E-state index is 13.9. The molecule has 2 aromatic rings. The zero-order chi connectivity index (χ0) is 18.8. The van der Waals surface area contributed by atoms with Crippen molar-refractivity contribution < 1.29 is 17.6 Å². The first-order chi connectivity index (χ1) is 11.6. The van der Waals surface area contributed by atoms with Crippen molar-refractivity contribution in [1.82, 2.24) is 5.43 Å². The summed E-state index contributed by atoms with van der Waals surface area (Å²) < 4.78 is 41.3. The lowest BCUT2D eigenvalue weighted by Crippen LogP contribution is -2.47. The van der Waals surface area contributed by atoms with Crippen molar-refractivity contribution in [2.75, 3.05) is 4.31 Å². The second-order valence-electron chi connectivity index (χ2n) is 6.39. The molecule has 0 unspecified atom stereocenters. The van der Waals surface area contributed by atoms with Crippen LogP contribution in [-0.2, 0) is 10.0 Å². The highest BCUT2D eigenvalue weighted by Gasteiger charge is 2.36. The Balaban J connectivity index is 2.77. The van der Waals surface area contributed by atoms with Crippen LogP contribution in [0.1, 0.15) is 31.1 Å². The molecule has 0 saturated heterocycles. The maximum absolute atomic E-state index is 13.9. The minimum atomic E-state index is -4.05. The van der Waals surface area contributed by atoms with E-state index in [4.69, 9.17) is 5.84 Å². The van der Waals surface area contributed by atoms with Crippen LogP contribution in [0.15, 0.2) is 53.4 Å². The summed E-state index contributed by atoms with van der Waals surface area (Å²) in [5, 5.41) is 0. The van der Waals surface area contributed by atoms with E-state index in [2.05, 4.69) is 0 Å². The first kappa shape index (κ1) is 18.9. The molecule has 0 fully saturated rings. The Morgan fingerprint density at radius 2 is 1.72 bits per heavy atom. The standard InChI is InChI=1S/C17H20FN3O3S/c1-17(2,3)21(25(23,24)13-7-5-4-6-8-13)15-11-12(18)9-10-14(15)16(22)20-19/h4-11H,19H2,1-3H3,(H,20,22). The Kier molecular flexibility index (Phi) is 5.15. The van der Waals surface area contributed by atoms with Gasteiger partial charge in [-0.25, -0.2) is 18.7 Å². The van der Waals surface area contributed by atoms with Gasteiger partial charge in [0.05, 0.1) is 16.1 Å². The number of carbonyl (C=O) groups excluding carboxylic acids is 1. The SMILES string of the molecule is CC(C)(C)N(c1cc(F)ccc1C(=O)NN)S(=O)(=O)c1ccccc1. The second kappa shape index (κ2) is 6.81. The van der Waals surface area contributed by atoms with Crippen LogP contribution in [0.2, 0.25) is 0 Å². The van der Waals surface area contributed by atoms with Gasteiger partial charge >= 0.3 is 0 Å². The fourth-order valence-electron chi connectivity index (χ4n) is 2.49. The average molecular weight is 365 g/mol. The number of nitrogens with zero attached hydrogens (tertiary/aromatic N) is 1. The summed E-state index contributed by atoms with van der Waals surface area (Å²) in [5.74, 6) is 3.80. The number of hydrazine groups is 1. The molecule has 0 aromatic heterocycles. The van der Waals surface area contributed by atoms with Gasteiger partial charge in [0.1, 0.15) is 5.82 Å². The van der Waals surface area contributed by atoms with Gasteiger partial charge in [-0.05, 0) is 51.1 Å². The van der Waals surface area contributed by atoms with Gasteiger partial charge < -0.3 is 0 Å². The smallest absolute Gasteiger partial charge is 0.267 e. The summed E-state index contributed by atoms with van der Waals surface area (Å²) in [4.78, 5) is 12.1. The first-order valence-electron chi connectivity index (χ1n) is 7.50. The van der Waals surface area contributed by atoms with E-state index in [1.165, 1.54) is 18.2 Å². The fourth-order valence-corrected chi connectivity index (χ4v) is 4.33. The molecular weight excluding hydrogens is 345 g/mol. The lowest BCUT2D eigenvalue weighted by atomic mass is 10.1. The number of halogens is 1. The molecular formula is C17H20FN3O3S.